The Labute approximate surface area is 171 Å². The first-order valence-electron chi connectivity index (χ1n) is 8.44. The lowest BCUT2D eigenvalue weighted by molar-refractivity contribution is 0.410. The third-order valence-electron chi connectivity index (χ3n) is 5.26. The van der Waals surface area contributed by atoms with Gasteiger partial charge in [0.2, 0.25) is 0 Å². The Morgan fingerprint density at radius 1 is 0.375 bits per heavy atom. The molecule has 3 aromatic rings. The summed E-state index contributed by atoms with van der Waals surface area (Å²) in [7, 11) is 0. The molecule has 0 aliphatic heterocycles. The van der Waals surface area contributed by atoms with Crippen LogP contribution in [0.25, 0.3) is 0 Å². The second kappa shape index (κ2) is 7.78. The summed E-state index contributed by atoms with van der Waals surface area (Å²) >= 11 is 0. The lowest BCUT2D eigenvalue weighted by atomic mass is 9.17. The zero-order valence-corrected chi connectivity index (χ0v) is 15.3. The Hall–Kier alpha value is -3.12. The predicted molar refractivity (Wildman–Crippen MR) is 89.3 cm³/mol. The monoisotopic (exact) mass is 473 g/mol. The fourth-order valence-corrected chi connectivity index (χ4v) is 3.54. The molecule has 3 aromatic carbocycles. The molecule has 0 N–H and O–H groups in total. The smallest absolute Gasteiger partial charge is 0.197 e. The van der Waals surface area contributed by atoms with Gasteiger partial charge >= 0.3 is 0 Å². The van der Waals surface area contributed by atoms with Crippen LogP contribution in [0.3, 0.4) is 0 Å². The van der Waals surface area contributed by atoms with Crippen LogP contribution in [0.5, 0.6) is 0 Å². The van der Waals surface area contributed by atoms with Crippen molar-refractivity contribution in [3.8, 4) is 0 Å². The maximum atomic E-state index is 14.6. The van der Waals surface area contributed by atoms with Gasteiger partial charge in [-0.2, -0.15) is 23.2 Å². The fourth-order valence-electron chi connectivity index (χ4n) is 3.54. The molecule has 32 heavy (non-hydrogen) atoms. The van der Waals surface area contributed by atoms with Crippen LogP contribution in [0.15, 0.2) is 18.2 Å². The molecular formula is C19H6BF12-. The van der Waals surface area contributed by atoms with E-state index in [1.165, 1.54) is 0 Å². The lowest BCUT2D eigenvalue weighted by Gasteiger charge is -2.39. The Morgan fingerprint density at radius 3 is 0.812 bits per heavy atom. The van der Waals surface area contributed by atoms with E-state index in [9.17, 15) is 52.7 Å². The average Bonchev–Trinajstić information content (AvgIpc) is 2.76. The van der Waals surface area contributed by atoms with Gasteiger partial charge in [0, 0.05) is 0 Å². The number of halogens is 12. The third-order valence-corrected chi connectivity index (χ3v) is 5.26. The second-order valence-electron chi connectivity index (χ2n) is 6.97. The molecule has 0 nitrogen and oxygen atoms in total. The molecule has 0 saturated heterocycles. The van der Waals surface area contributed by atoms with Crippen LogP contribution in [0.2, 0.25) is 6.82 Å². The molecule has 0 heterocycles. The summed E-state index contributed by atoms with van der Waals surface area (Å²) in [4.78, 5) is 0. The lowest BCUT2D eigenvalue weighted by Crippen LogP contribution is -2.68. The molecule has 0 unspecified atom stereocenters. The SMILES string of the molecule is C[B-](c1cc(F)c(F)c(F)c1F)(c1cc(F)c(F)c(F)c1F)c1cc(F)c(F)c(F)c1F. The summed E-state index contributed by atoms with van der Waals surface area (Å²) in [6.45, 7) is 0.444. The topological polar surface area (TPSA) is 0 Å². The van der Waals surface area contributed by atoms with E-state index >= 15 is 0 Å². The summed E-state index contributed by atoms with van der Waals surface area (Å²) in [6.07, 6.45) is -4.21. The van der Waals surface area contributed by atoms with Gasteiger partial charge in [0.05, 0.1) is 6.15 Å². The van der Waals surface area contributed by atoms with Gasteiger partial charge in [-0.1, -0.05) is 18.2 Å². The van der Waals surface area contributed by atoms with Crippen molar-refractivity contribution in [3.05, 3.63) is 88.0 Å². The van der Waals surface area contributed by atoms with E-state index in [1.807, 2.05) is 0 Å². The Bertz CT molecular complexity index is 1120. The molecule has 0 radical (unpaired) electrons. The van der Waals surface area contributed by atoms with Gasteiger partial charge in [-0.3, -0.25) is 0 Å². The molecule has 0 saturated carbocycles. The molecule has 0 aliphatic carbocycles. The van der Waals surface area contributed by atoms with Crippen molar-refractivity contribution in [3.63, 3.8) is 0 Å². The molecule has 13 heteroatoms. The minimum Gasteiger partial charge on any atom is -0.207 e. The van der Waals surface area contributed by atoms with E-state index in [1.54, 1.807) is 0 Å². The zero-order chi connectivity index (χ0) is 24.3. The third kappa shape index (κ3) is 3.21. The van der Waals surface area contributed by atoms with Gasteiger partial charge in [0.15, 0.2) is 52.4 Å². The highest BCUT2D eigenvalue weighted by Crippen LogP contribution is 2.23. The minimum absolute atomic E-state index is 0.176. The maximum absolute atomic E-state index is 14.6. The normalized spacial score (nSPS) is 11.9. The molecule has 0 bridgehead atoms. The van der Waals surface area contributed by atoms with Gasteiger partial charge < -0.3 is 0 Å². The van der Waals surface area contributed by atoms with Crippen molar-refractivity contribution in [2.45, 2.75) is 6.82 Å². The minimum atomic E-state index is -4.21. The zero-order valence-electron chi connectivity index (χ0n) is 15.3. The van der Waals surface area contributed by atoms with Crippen molar-refractivity contribution in [1.29, 1.82) is 0 Å². The predicted octanol–water partition coefficient (Wildman–Crippen LogP) is 4.46. The number of benzene rings is 3. The van der Waals surface area contributed by atoms with Crippen LogP contribution in [0.4, 0.5) is 52.7 Å². The standard InChI is InChI=1S/C19H6BF12/c1-20(5-2-8(21)14(27)17(30)11(5)24,6-3-9(22)15(28)18(31)12(6)25)7-4-10(23)16(29)19(32)13(7)26/h2-4H,1H3/q-1. The van der Waals surface area contributed by atoms with Gasteiger partial charge in [0.25, 0.3) is 0 Å². The van der Waals surface area contributed by atoms with Crippen molar-refractivity contribution in [1.82, 2.24) is 0 Å². The average molecular weight is 473 g/mol. The highest BCUT2D eigenvalue weighted by Gasteiger charge is 2.38. The highest BCUT2D eigenvalue weighted by molar-refractivity contribution is 7.10. The van der Waals surface area contributed by atoms with Crippen molar-refractivity contribution >= 4 is 22.5 Å². The van der Waals surface area contributed by atoms with E-state index in [0.717, 1.165) is 0 Å². The van der Waals surface area contributed by atoms with E-state index in [4.69, 9.17) is 0 Å². The Balaban J connectivity index is 2.60. The van der Waals surface area contributed by atoms with Crippen molar-refractivity contribution < 1.29 is 52.7 Å². The van der Waals surface area contributed by atoms with Gasteiger partial charge in [-0.15, -0.1) is 0 Å². The van der Waals surface area contributed by atoms with Crippen molar-refractivity contribution in [2.75, 3.05) is 0 Å². The summed E-state index contributed by atoms with van der Waals surface area (Å²) in [6, 6.07) is -0.527. The largest absolute Gasteiger partial charge is 0.207 e. The van der Waals surface area contributed by atoms with Crippen LogP contribution >= 0.6 is 0 Å². The van der Waals surface area contributed by atoms with Crippen LogP contribution in [0, 0.1) is 69.8 Å². The van der Waals surface area contributed by atoms with Gasteiger partial charge in [-0.25, -0.2) is 52.7 Å². The molecule has 0 spiro atoms. The molecule has 0 atom stereocenters. The first-order chi connectivity index (χ1) is 14.7. The Kier molecular flexibility index (Phi) is 5.73. The summed E-state index contributed by atoms with van der Waals surface area (Å²) in [5.74, 6) is -28.3. The fraction of sp³-hybridized carbons (Fsp3) is 0.0526. The molecule has 0 amide bonds. The molecule has 0 aliphatic rings. The van der Waals surface area contributed by atoms with E-state index < -0.39 is 92.3 Å². The van der Waals surface area contributed by atoms with E-state index in [0.29, 0.717) is 6.82 Å². The maximum Gasteiger partial charge on any atom is 0.197 e. The summed E-state index contributed by atoms with van der Waals surface area (Å²) < 4.78 is 167. The first kappa shape index (κ1) is 23.5. The second-order valence-corrected chi connectivity index (χ2v) is 6.97. The van der Waals surface area contributed by atoms with E-state index in [2.05, 4.69) is 0 Å². The molecule has 170 valence electrons. The van der Waals surface area contributed by atoms with Crippen LogP contribution in [0.1, 0.15) is 0 Å². The van der Waals surface area contributed by atoms with Gasteiger partial charge in [-0.05, 0) is 0 Å². The number of hydrogen-bond donors (Lipinski definition) is 0. The van der Waals surface area contributed by atoms with E-state index in [-0.39, 0.29) is 18.2 Å². The van der Waals surface area contributed by atoms with Crippen LogP contribution in [-0.4, -0.2) is 6.15 Å². The molecule has 0 aromatic heterocycles. The molecule has 3 rings (SSSR count). The Morgan fingerprint density at radius 2 is 0.594 bits per heavy atom. The van der Waals surface area contributed by atoms with Gasteiger partial charge in [0.1, 0.15) is 17.5 Å². The number of hydrogen-bond acceptors (Lipinski definition) is 0. The molecule has 0 fully saturated rings. The quantitative estimate of drug-likeness (QED) is 0.228. The first-order valence-corrected chi connectivity index (χ1v) is 8.44. The van der Waals surface area contributed by atoms with Crippen LogP contribution < -0.4 is 16.4 Å². The summed E-state index contributed by atoms with van der Waals surface area (Å²) in [5, 5.41) is 0. The van der Waals surface area contributed by atoms with Crippen molar-refractivity contribution in [2.24, 2.45) is 0 Å². The number of rotatable bonds is 3. The highest BCUT2D eigenvalue weighted by atomic mass is 19.2. The summed E-state index contributed by atoms with van der Waals surface area (Å²) in [5.41, 5.74) is -4.64. The molecular weight excluding hydrogens is 467 g/mol. The van der Waals surface area contributed by atoms with Crippen LogP contribution in [-0.2, 0) is 0 Å².